The molecule has 19 heavy (non-hydrogen) atoms. The van der Waals surface area contributed by atoms with Gasteiger partial charge in [-0.2, -0.15) is 11.8 Å². The summed E-state index contributed by atoms with van der Waals surface area (Å²) in [6, 6.07) is 2.72. The number of rotatable bonds is 3. The van der Waals surface area contributed by atoms with E-state index in [1.807, 2.05) is 23.6 Å². The topological polar surface area (TPSA) is 29.3 Å². The normalized spacial score (nSPS) is 21.5. The van der Waals surface area contributed by atoms with Crippen LogP contribution in [0.15, 0.2) is 12.1 Å². The summed E-state index contributed by atoms with van der Waals surface area (Å²) in [6.45, 7) is 5.28. The van der Waals surface area contributed by atoms with E-state index in [2.05, 4.69) is 6.92 Å². The maximum absolute atomic E-state index is 14.1. The minimum Gasteiger partial charge on any atom is -0.365 e. The largest absolute Gasteiger partial charge is 0.365 e. The third-order valence-electron chi connectivity index (χ3n) is 3.19. The molecule has 2 unspecified atom stereocenters. The Morgan fingerprint density at radius 2 is 2.05 bits per heavy atom. The van der Waals surface area contributed by atoms with E-state index in [4.69, 9.17) is 5.73 Å². The summed E-state index contributed by atoms with van der Waals surface area (Å²) < 4.78 is 28.3. The van der Waals surface area contributed by atoms with Crippen molar-refractivity contribution in [1.82, 2.24) is 0 Å². The minimum absolute atomic E-state index is 0.101. The third-order valence-corrected chi connectivity index (χ3v) is 4.33. The van der Waals surface area contributed by atoms with Crippen molar-refractivity contribution in [2.24, 2.45) is 5.73 Å². The van der Waals surface area contributed by atoms with Crippen LogP contribution < -0.4 is 10.6 Å². The van der Waals surface area contributed by atoms with Gasteiger partial charge in [0.05, 0.1) is 0 Å². The van der Waals surface area contributed by atoms with Gasteiger partial charge in [0.25, 0.3) is 0 Å². The number of thioether (sulfide) groups is 1. The first-order valence-electron chi connectivity index (χ1n) is 6.57. The van der Waals surface area contributed by atoms with E-state index in [0.29, 0.717) is 30.3 Å². The summed E-state index contributed by atoms with van der Waals surface area (Å²) in [5, 5.41) is 0.399. The molecular weight excluding hydrogens is 266 g/mol. The predicted octanol–water partition coefficient (Wildman–Crippen LogP) is 2.80. The van der Waals surface area contributed by atoms with Gasteiger partial charge in [-0.1, -0.05) is 6.92 Å². The Hall–Kier alpha value is -0.810. The Balaban J connectivity index is 2.25. The molecule has 0 saturated carbocycles. The molecule has 1 heterocycles. The highest BCUT2D eigenvalue weighted by atomic mass is 32.2. The van der Waals surface area contributed by atoms with Gasteiger partial charge < -0.3 is 10.6 Å². The van der Waals surface area contributed by atoms with E-state index in [1.165, 1.54) is 12.1 Å². The molecule has 1 aliphatic rings. The SMILES string of the molecule is CC(N)Cc1cc(F)c(N2CCSC(C)C2)c(F)c1. The van der Waals surface area contributed by atoms with Gasteiger partial charge in [0, 0.05) is 30.1 Å². The fourth-order valence-electron chi connectivity index (χ4n) is 2.43. The van der Waals surface area contributed by atoms with Crippen molar-refractivity contribution in [3.63, 3.8) is 0 Å². The molecule has 2 rings (SSSR count). The molecule has 0 amide bonds. The number of hydrogen-bond donors (Lipinski definition) is 1. The molecular formula is C14H20F2N2S. The van der Waals surface area contributed by atoms with Crippen LogP contribution in [0.3, 0.4) is 0 Å². The molecule has 0 radical (unpaired) electrons. The summed E-state index contributed by atoms with van der Waals surface area (Å²) in [5.41, 5.74) is 6.40. The average molecular weight is 286 g/mol. The molecule has 0 bridgehead atoms. The average Bonchev–Trinajstić information content (AvgIpc) is 2.26. The molecule has 2 N–H and O–H groups in total. The number of halogens is 2. The molecule has 1 aromatic carbocycles. The molecule has 0 aliphatic carbocycles. The van der Waals surface area contributed by atoms with Crippen LogP contribution >= 0.6 is 11.8 Å². The lowest BCUT2D eigenvalue weighted by Gasteiger charge is -2.33. The highest BCUT2D eigenvalue weighted by Crippen LogP contribution is 2.29. The number of benzene rings is 1. The van der Waals surface area contributed by atoms with Crippen LogP contribution in [0.4, 0.5) is 14.5 Å². The predicted molar refractivity (Wildman–Crippen MR) is 77.8 cm³/mol. The second kappa shape index (κ2) is 6.09. The molecule has 2 nitrogen and oxygen atoms in total. The second-order valence-corrected chi connectivity index (χ2v) is 6.76. The van der Waals surface area contributed by atoms with Crippen molar-refractivity contribution in [2.45, 2.75) is 31.6 Å². The molecule has 5 heteroatoms. The molecule has 1 saturated heterocycles. The monoisotopic (exact) mass is 286 g/mol. The van der Waals surface area contributed by atoms with Gasteiger partial charge in [0.15, 0.2) is 0 Å². The van der Waals surface area contributed by atoms with Gasteiger partial charge >= 0.3 is 0 Å². The van der Waals surface area contributed by atoms with Crippen molar-refractivity contribution < 1.29 is 8.78 Å². The van der Waals surface area contributed by atoms with Crippen LogP contribution in [0.1, 0.15) is 19.4 Å². The number of anilines is 1. The first-order chi connectivity index (χ1) is 8.97. The third kappa shape index (κ3) is 3.60. The maximum Gasteiger partial charge on any atom is 0.149 e. The number of nitrogens with two attached hydrogens (primary N) is 1. The molecule has 2 atom stereocenters. The highest BCUT2D eigenvalue weighted by Gasteiger charge is 2.23. The molecule has 1 aromatic rings. The lowest BCUT2D eigenvalue weighted by atomic mass is 10.1. The van der Waals surface area contributed by atoms with Crippen molar-refractivity contribution in [1.29, 1.82) is 0 Å². The number of hydrogen-bond acceptors (Lipinski definition) is 3. The smallest absolute Gasteiger partial charge is 0.149 e. The lowest BCUT2D eigenvalue weighted by molar-refractivity contribution is 0.565. The lowest BCUT2D eigenvalue weighted by Crippen LogP contribution is -2.37. The van der Waals surface area contributed by atoms with Crippen molar-refractivity contribution in [3.05, 3.63) is 29.3 Å². The van der Waals surface area contributed by atoms with Crippen molar-refractivity contribution in [3.8, 4) is 0 Å². The Morgan fingerprint density at radius 3 is 2.58 bits per heavy atom. The van der Waals surface area contributed by atoms with Gasteiger partial charge in [0.1, 0.15) is 17.3 Å². The van der Waals surface area contributed by atoms with Crippen molar-refractivity contribution >= 4 is 17.4 Å². The van der Waals surface area contributed by atoms with Crippen LogP contribution in [0.25, 0.3) is 0 Å². The molecule has 1 fully saturated rings. The first-order valence-corrected chi connectivity index (χ1v) is 7.62. The van der Waals surface area contributed by atoms with Crippen LogP contribution in [0.2, 0.25) is 0 Å². The molecule has 0 aromatic heterocycles. The zero-order chi connectivity index (χ0) is 14.0. The second-order valence-electron chi connectivity index (χ2n) is 5.22. The van der Waals surface area contributed by atoms with Crippen molar-refractivity contribution in [2.75, 3.05) is 23.7 Å². The van der Waals surface area contributed by atoms with E-state index in [1.54, 1.807) is 0 Å². The zero-order valence-electron chi connectivity index (χ0n) is 11.3. The summed E-state index contributed by atoms with van der Waals surface area (Å²) >= 11 is 1.84. The molecule has 1 aliphatic heterocycles. The zero-order valence-corrected chi connectivity index (χ0v) is 12.1. The quantitative estimate of drug-likeness (QED) is 0.926. The Morgan fingerprint density at radius 1 is 1.42 bits per heavy atom. The fraction of sp³-hybridized carbons (Fsp3) is 0.571. The van der Waals surface area contributed by atoms with E-state index in [-0.39, 0.29) is 11.7 Å². The Labute approximate surface area is 117 Å². The molecule has 0 spiro atoms. The van der Waals surface area contributed by atoms with Crippen LogP contribution in [0.5, 0.6) is 0 Å². The van der Waals surface area contributed by atoms with E-state index >= 15 is 0 Å². The first kappa shape index (κ1) is 14.6. The van der Waals surface area contributed by atoms with E-state index < -0.39 is 11.6 Å². The fourth-order valence-corrected chi connectivity index (χ4v) is 3.44. The van der Waals surface area contributed by atoms with Gasteiger partial charge in [-0.05, 0) is 31.0 Å². The van der Waals surface area contributed by atoms with Gasteiger partial charge in [-0.3, -0.25) is 0 Å². The van der Waals surface area contributed by atoms with Crippen LogP contribution in [0, 0.1) is 11.6 Å². The van der Waals surface area contributed by atoms with Gasteiger partial charge in [-0.25, -0.2) is 8.78 Å². The highest BCUT2D eigenvalue weighted by molar-refractivity contribution is 8.00. The minimum atomic E-state index is -0.477. The maximum atomic E-state index is 14.1. The van der Waals surface area contributed by atoms with Crippen LogP contribution in [-0.4, -0.2) is 30.1 Å². The summed E-state index contributed by atoms with van der Waals surface area (Å²) in [6.07, 6.45) is 0.486. The Bertz CT molecular complexity index is 428. The van der Waals surface area contributed by atoms with E-state index in [9.17, 15) is 8.78 Å². The van der Waals surface area contributed by atoms with Crippen LogP contribution in [-0.2, 0) is 6.42 Å². The van der Waals surface area contributed by atoms with Gasteiger partial charge in [0.2, 0.25) is 0 Å². The number of nitrogens with zero attached hydrogens (tertiary/aromatic N) is 1. The summed E-state index contributed by atoms with van der Waals surface area (Å²) in [7, 11) is 0. The summed E-state index contributed by atoms with van der Waals surface area (Å²) in [4.78, 5) is 1.81. The van der Waals surface area contributed by atoms with E-state index in [0.717, 1.165) is 5.75 Å². The van der Waals surface area contributed by atoms with Gasteiger partial charge in [-0.15, -0.1) is 0 Å². The Kier molecular flexibility index (Phi) is 4.68. The summed E-state index contributed by atoms with van der Waals surface area (Å²) in [5.74, 6) is -0.0498. The molecule has 106 valence electrons. The standard InChI is InChI=1S/C14H20F2N2S/c1-9(17)5-11-6-12(15)14(13(16)7-11)18-3-4-19-10(2)8-18/h6-7,9-10H,3-5,8,17H2,1-2H3.